The number of ether oxygens (including phenoxy) is 1. The standard InChI is InChI=1S/C30H49N3O5/c1-21(2)18-27(34)28(35)25(19-23-10-6-4-7-11-23)32-29(36)22(3)31-26(20-24-12-8-5-9-13-24)30(37)33-14-16-38-17-15-33/h5,8-9,12-13,21-23,25-28,31,34-35H,4,6-7,10-11,14-20H2,1-3H3,(H,32,36)/t22-,25+,26-,27+,28-/m1/s1. The summed E-state index contributed by atoms with van der Waals surface area (Å²) in [5.74, 6) is 0.348. The first-order chi connectivity index (χ1) is 18.2. The average molecular weight is 532 g/mol. The second kappa shape index (κ2) is 15.6. The lowest BCUT2D eigenvalue weighted by Crippen LogP contribution is -2.58. The summed E-state index contributed by atoms with van der Waals surface area (Å²) in [5.41, 5.74) is 1.02. The molecule has 2 amide bonds. The van der Waals surface area contributed by atoms with Crippen LogP contribution in [0.4, 0.5) is 0 Å². The Morgan fingerprint density at radius 3 is 2.32 bits per heavy atom. The van der Waals surface area contributed by atoms with Gasteiger partial charge < -0.3 is 25.2 Å². The van der Waals surface area contributed by atoms with Crippen molar-refractivity contribution in [3.8, 4) is 0 Å². The maximum atomic E-state index is 13.4. The fraction of sp³-hybridized carbons (Fsp3) is 0.733. The van der Waals surface area contributed by atoms with E-state index in [1.165, 1.54) is 19.3 Å². The number of carbonyl (C=O) groups excluding carboxylic acids is 2. The normalized spacial score (nSPS) is 20.9. The number of benzene rings is 1. The van der Waals surface area contributed by atoms with Crippen molar-refractivity contribution in [3.63, 3.8) is 0 Å². The molecule has 0 aromatic heterocycles. The number of rotatable bonds is 13. The van der Waals surface area contributed by atoms with Crippen molar-refractivity contribution in [1.82, 2.24) is 15.5 Å². The van der Waals surface area contributed by atoms with Gasteiger partial charge in [0.05, 0.1) is 37.4 Å². The zero-order chi connectivity index (χ0) is 27.5. The minimum absolute atomic E-state index is 0.0389. The molecule has 3 rings (SSSR count). The van der Waals surface area contributed by atoms with Crippen LogP contribution in [0.15, 0.2) is 30.3 Å². The number of carbonyl (C=O) groups is 2. The monoisotopic (exact) mass is 531 g/mol. The molecule has 0 bridgehead atoms. The van der Waals surface area contributed by atoms with Crippen molar-refractivity contribution in [2.75, 3.05) is 26.3 Å². The van der Waals surface area contributed by atoms with Gasteiger partial charge in [0.25, 0.3) is 0 Å². The Morgan fingerprint density at radius 2 is 1.68 bits per heavy atom. The van der Waals surface area contributed by atoms with E-state index < -0.39 is 30.3 Å². The Bertz CT molecular complexity index is 840. The summed E-state index contributed by atoms with van der Waals surface area (Å²) >= 11 is 0. The second-order valence-electron chi connectivity index (χ2n) is 11.6. The molecule has 2 aliphatic rings. The van der Waals surface area contributed by atoms with Crippen LogP contribution in [0.2, 0.25) is 0 Å². The largest absolute Gasteiger partial charge is 0.390 e. The minimum Gasteiger partial charge on any atom is -0.390 e. The Balaban J connectivity index is 1.69. The molecule has 8 nitrogen and oxygen atoms in total. The fourth-order valence-corrected chi connectivity index (χ4v) is 5.71. The Kier molecular flexibility index (Phi) is 12.5. The maximum absolute atomic E-state index is 13.4. The lowest BCUT2D eigenvalue weighted by molar-refractivity contribution is -0.138. The van der Waals surface area contributed by atoms with E-state index in [0.717, 1.165) is 18.4 Å². The van der Waals surface area contributed by atoms with Gasteiger partial charge in [-0.05, 0) is 43.6 Å². The molecule has 0 unspecified atom stereocenters. The van der Waals surface area contributed by atoms with Crippen LogP contribution in [0.1, 0.15) is 71.3 Å². The molecule has 1 aliphatic heterocycles. The summed E-state index contributed by atoms with van der Waals surface area (Å²) in [5, 5.41) is 28.1. The highest BCUT2D eigenvalue weighted by Crippen LogP contribution is 2.29. The van der Waals surface area contributed by atoms with Crippen molar-refractivity contribution < 1.29 is 24.5 Å². The number of aliphatic hydroxyl groups excluding tert-OH is 2. The summed E-state index contributed by atoms with van der Waals surface area (Å²) in [6.45, 7) is 7.88. The van der Waals surface area contributed by atoms with Crippen molar-refractivity contribution in [3.05, 3.63) is 35.9 Å². The second-order valence-corrected chi connectivity index (χ2v) is 11.6. The number of amides is 2. The third-order valence-electron chi connectivity index (χ3n) is 7.91. The van der Waals surface area contributed by atoms with Crippen LogP contribution in [0.25, 0.3) is 0 Å². The number of nitrogens with one attached hydrogen (secondary N) is 2. The molecule has 1 aromatic rings. The number of morpholine rings is 1. The summed E-state index contributed by atoms with van der Waals surface area (Å²) in [6, 6.07) is 8.05. The molecule has 2 fully saturated rings. The highest BCUT2D eigenvalue weighted by molar-refractivity contribution is 5.85. The van der Waals surface area contributed by atoms with Gasteiger partial charge in [0.1, 0.15) is 6.10 Å². The van der Waals surface area contributed by atoms with Crippen LogP contribution in [-0.2, 0) is 20.7 Å². The first-order valence-electron chi connectivity index (χ1n) is 14.6. The van der Waals surface area contributed by atoms with E-state index in [-0.39, 0.29) is 17.7 Å². The van der Waals surface area contributed by atoms with Crippen molar-refractivity contribution in [1.29, 1.82) is 0 Å². The molecule has 1 saturated heterocycles. The van der Waals surface area contributed by atoms with Crippen LogP contribution in [-0.4, -0.2) is 83.6 Å². The van der Waals surface area contributed by atoms with Gasteiger partial charge in [-0.1, -0.05) is 76.3 Å². The van der Waals surface area contributed by atoms with Crippen molar-refractivity contribution in [2.24, 2.45) is 11.8 Å². The van der Waals surface area contributed by atoms with Gasteiger partial charge in [0, 0.05) is 13.1 Å². The van der Waals surface area contributed by atoms with E-state index in [0.29, 0.717) is 51.5 Å². The van der Waals surface area contributed by atoms with E-state index in [9.17, 15) is 19.8 Å². The molecule has 1 aliphatic carbocycles. The summed E-state index contributed by atoms with van der Waals surface area (Å²) in [4.78, 5) is 28.7. The van der Waals surface area contributed by atoms with Crippen molar-refractivity contribution >= 4 is 11.8 Å². The SMILES string of the molecule is CC(C)C[C@H](O)[C@H](O)[C@H](CC1CCCCC1)NC(=O)[C@@H](C)N[C@H](Cc1ccccc1)C(=O)N1CCOCC1. The summed E-state index contributed by atoms with van der Waals surface area (Å²) in [7, 11) is 0. The van der Waals surface area contributed by atoms with Gasteiger partial charge in [-0.25, -0.2) is 0 Å². The molecule has 38 heavy (non-hydrogen) atoms. The molecule has 1 saturated carbocycles. The van der Waals surface area contributed by atoms with E-state index in [1.807, 2.05) is 44.2 Å². The third-order valence-corrected chi connectivity index (χ3v) is 7.91. The smallest absolute Gasteiger partial charge is 0.240 e. The van der Waals surface area contributed by atoms with E-state index in [4.69, 9.17) is 4.74 Å². The van der Waals surface area contributed by atoms with E-state index in [1.54, 1.807) is 11.8 Å². The first kappa shape index (κ1) is 30.5. The molecule has 1 aromatic carbocycles. The van der Waals surface area contributed by atoms with Crippen molar-refractivity contribution in [2.45, 2.75) is 102 Å². The highest BCUT2D eigenvalue weighted by Gasteiger charge is 2.33. The van der Waals surface area contributed by atoms with Gasteiger partial charge in [-0.3, -0.25) is 14.9 Å². The molecule has 214 valence electrons. The molecule has 4 N–H and O–H groups in total. The Hall–Kier alpha value is -2.00. The molecule has 0 radical (unpaired) electrons. The van der Waals surface area contributed by atoms with Crippen LogP contribution in [0.5, 0.6) is 0 Å². The number of hydrogen-bond acceptors (Lipinski definition) is 6. The molecule has 1 heterocycles. The van der Waals surface area contributed by atoms with Crippen LogP contribution in [0, 0.1) is 11.8 Å². The third kappa shape index (κ3) is 9.63. The van der Waals surface area contributed by atoms with E-state index >= 15 is 0 Å². The van der Waals surface area contributed by atoms with E-state index in [2.05, 4.69) is 10.6 Å². The van der Waals surface area contributed by atoms with Gasteiger partial charge in [-0.2, -0.15) is 0 Å². The van der Waals surface area contributed by atoms with Gasteiger partial charge in [0.15, 0.2) is 0 Å². The lowest BCUT2D eigenvalue weighted by atomic mass is 9.82. The van der Waals surface area contributed by atoms with Gasteiger partial charge in [-0.15, -0.1) is 0 Å². The topological polar surface area (TPSA) is 111 Å². The van der Waals surface area contributed by atoms with Crippen LogP contribution < -0.4 is 10.6 Å². The van der Waals surface area contributed by atoms with Gasteiger partial charge >= 0.3 is 0 Å². The Labute approximate surface area is 228 Å². The number of aliphatic hydroxyl groups is 2. The molecular formula is C30H49N3O5. The molecule has 8 heteroatoms. The predicted molar refractivity (Wildman–Crippen MR) is 149 cm³/mol. The molecular weight excluding hydrogens is 482 g/mol. The van der Waals surface area contributed by atoms with Crippen LogP contribution >= 0.6 is 0 Å². The first-order valence-corrected chi connectivity index (χ1v) is 14.6. The minimum atomic E-state index is -1.04. The number of nitrogens with zero attached hydrogens (tertiary/aromatic N) is 1. The quantitative estimate of drug-likeness (QED) is 0.312. The average Bonchev–Trinajstić information content (AvgIpc) is 2.92. The molecule has 0 spiro atoms. The lowest BCUT2D eigenvalue weighted by Gasteiger charge is -2.34. The van der Waals surface area contributed by atoms with Crippen LogP contribution in [0.3, 0.4) is 0 Å². The maximum Gasteiger partial charge on any atom is 0.240 e. The number of hydrogen-bond donors (Lipinski definition) is 4. The highest BCUT2D eigenvalue weighted by atomic mass is 16.5. The Morgan fingerprint density at radius 1 is 1.03 bits per heavy atom. The zero-order valence-corrected chi connectivity index (χ0v) is 23.5. The van der Waals surface area contributed by atoms with Gasteiger partial charge in [0.2, 0.25) is 11.8 Å². The molecule has 5 atom stereocenters. The fourth-order valence-electron chi connectivity index (χ4n) is 5.71. The zero-order valence-electron chi connectivity index (χ0n) is 23.5. The predicted octanol–water partition coefficient (Wildman–Crippen LogP) is 2.66. The summed E-state index contributed by atoms with van der Waals surface area (Å²) < 4.78 is 5.42. The summed E-state index contributed by atoms with van der Waals surface area (Å²) in [6.07, 6.45) is 5.38.